The molecule has 0 amide bonds. The van der Waals surface area contributed by atoms with Gasteiger partial charge in [0.2, 0.25) is 10.0 Å². The van der Waals surface area contributed by atoms with E-state index in [1.54, 1.807) is 0 Å². The number of hydrogen-bond acceptors (Lipinski definition) is 5. The lowest BCUT2D eigenvalue weighted by Gasteiger charge is -2.06. The van der Waals surface area contributed by atoms with E-state index in [0.29, 0.717) is 18.2 Å². The minimum atomic E-state index is -4.00. The normalized spacial score (nSPS) is 13.2. The molecule has 1 atom stereocenters. The van der Waals surface area contributed by atoms with Gasteiger partial charge in [0.05, 0.1) is 29.8 Å². The quantitative estimate of drug-likeness (QED) is 0.773. The molecule has 0 aliphatic carbocycles. The van der Waals surface area contributed by atoms with E-state index in [2.05, 4.69) is 15.0 Å². The molecule has 0 radical (unpaired) electrons. The molecule has 2 aromatic rings. The Labute approximate surface area is 132 Å². The number of nitrogens with one attached hydrogen (secondary N) is 1. The SMILES string of the molecule is CCC(O)Cn1cc(CNS(=O)(=O)c2ccc(F)c(F)c2)nn1. The van der Waals surface area contributed by atoms with Crippen LogP contribution in [0, 0.1) is 11.6 Å². The van der Waals surface area contributed by atoms with Crippen molar-refractivity contribution >= 4 is 10.0 Å². The average molecular weight is 346 g/mol. The van der Waals surface area contributed by atoms with E-state index in [4.69, 9.17) is 0 Å². The van der Waals surface area contributed by atoms with Gasteiger partial charge in [-0.3, -0.25) is 0 Å². The zero-order chi connectivity index (χ0) is 17.0. The molecule has 0 spiro atoms. The number of sulfonamides is 1. The van der Waals surface area contributed by atoms with E-state index in [1.165, 1.54) is 10.9 Å². The Morgan fingerprint density at radius 3 is 2.74 bits per heavy atom. The molecule has 0 saturated carbocycles. The lowest BCUT2D eigenvalue weighted by Crippen LogP contribution is -2.23. The predicted molar refractivity (Wildman–Crippen MR) is 76.7 cm³/mol. The fraction of sp³-hybridized carbons (Fsp3) is 0.385. The van der Waals surface area contributed by atoms with Gasteiger partial charge >= 0.3 is 0 Å². The maximum atomic E-state index is 13.1. The predicted octanol–water partition coefficient (Wildman–Crippen LogP) is 0.806. The van der Waals surface area contributed by atoms with Gasteiger partial charge in [-0.2, -0.15) is 0 Å². The van der Waals surface area contributed by atoms with Crippen LogP contribution in [0.2, 0.25) is 0 Å². The van der Waals surface area contributed by atoms with Crippen LogP contribution in [0.5, 0.6) is 0 Å². The first-order valence-corrected chi connectivity index (χ1v) is 8.32. The van der Waals surface area contributed by atoms with Crippen LogP contribution in [0.4, 0.5) is 8.78 Å². The molecule has 126 valence electrons. The summed E-state index contributed by atoms with van der Waals surface area (Å²) in [6.45, 7) is 1.90. The summed E-state index contributed by atoms with van der Waals surface area (Å²) >= 11 is 0. The lowest BCUT2D eigenvalue weighted by molar-refractivity contribution is 0.144. The second kappa shape index (κ2) is 7.11. The Kier molecular flexibility index (Phi) is 5.39. The number of rotatable bonds is 7. The van der Waals surface area contributed by atoms with E-state index in [-0.39, 0.29) is 18.0 Å². The highest BCUT2D eigenvalue weighted by atomic mass is 32.2. The molecule has 1 unspecified atom stereocenters. The Balaban J connectivity index is 2.03. The van der Waals surface area contributed by atoms with Crippen molar-refractivity contribution in [2.45, 2.75) is 37.4 Å². The molecular weight excluding hydrogens is 330 g/mol. The summed E-state index contributed by atoms with van der Waals surface area (Å²) in [5, 5.41) is 17.0. The molecular formula is C13H16F2N4O3S. The van der Waals surface area contributed by atoms with Crippen LogP contribution in [0.1, 0.15) is 19.0 Å². The Morgan fingerprint density at radius 1 is 1.35 bits per heavy atom. The Bertz CT molecular complexity index is 779. The van der Waals surface area contributed by atoms with Crippen molar-refractivity contribution in [2.75, 3.05) is 0 Å². The molecule has 0 saturated heterocycles. The number of aliphatic hydroxyl groups excluding tert-OH is 1. The van der Waals surface area contributed by atoms with Gasteiger partial charge in [-0.1, -0.05) is 12.1 Å². The van der Waals surface area contributed by atoms with Crippen LogP contribution >= 0.6 is 0 Å². The molecule has 2 rings (SSSR count). The van der Waals surface area contributed by atoms with Gasteiger partial charge in [-0.05, 0) is 24.6 Å². The summed E-state index contributed by atoms with van der Waals surface area (Å²) in [7, 11) is -4.00. The van der Waals surface area contributed by atoms with E-state index < -0.39 is 27.8 Å². The van der Waals surface area contributed by atoms with Crippen molar-refractivity contribution in [3.05, 3.63) is 41.7 Å². The summed E-state index contributed by atoms with van der Waals surface area (Å²) < 4.78 is 53.6. The summed E-state index contributed by atoms with van der Waals surface area (Å²) in [5.41, 5.74) is 0.333. The van der Waals surface area contributed by atoms with Crippen LogP contribution in [0.25, 0.3) is 0 Å². The van der Waals surface area contributed by atoms with Crippen LogP contribution in [-0.4, -0.2) is 34.6 Å². The average Bonchev–Trinajstić information content (AvgIpc) is 2.95. The number of hydrogen-bond donors (Lipinski definition) is 2. The maximum absolute atomic E-state index is 13.1. The van der Waals surface area contributed by atoms with Gasteiger partial charge in [0, 0.05) is 6.20 Å². The summed E-state index contributed by atoms with van der Waals surface area (Å²) in [6, 6.07) is 2.31. The van der Waals surface area contributed by atoms with Crippen molar-refractivity contribution in [1.29, 1.82) is 0 Å². The van der Waals surface area contributed by atoms with Crippen molar-refractivity contribution in [2.24, 2.45) is 0 Å². The van der Waals surface area contributed by atoms with Gasteiger partial charge in [0.25, 0.3) is 0 Å². The monoisotopic (exact) mass is 346 g/mol. The molecule has 2 N–H and O–H groups in total. The van der Waals surface area contributed by atoms with Gasteiger partial charge in [-0.25, -0.2) is 26.6 Å². The van der Waals surface area contributed by atoms with Gasteiger partial charge in [-0.15, -0.1) is 5.10 Å². The molecule has 23 heavy (non-hydrogen) atoms. The largest absolute Gasteiger partial charge is 0.391 e. The molecule has 0 bridgehead atoms. The van der Waals surface area contributed by atoms with Crippen molar-refractivity contribution in [3.8, 4) is 0 Å². The molecule has 7 nitrogen and oxygen atoms in total. The van der Waals surface area contributed by atoms with Crippen molar-refractivity contribution < 1.29 is 22.3 Å². The zero-order valence-corrected chi connectivity index (χ0v) is 13.1. The highest BCUT2D eigenvalue weighted by Gasteiger charge is 2.17. The topological polar surface area (TPSA) is 97.1 Å². The van der Waals surface area contributed by atoms with Gasteiger partial charge < -0.3 is 5.11 Å². The first-order chi connectivity index (χ1) is 10.8. The van der Waals surface area contributed by atoms with Gasteiger partial charge in [0.1, 0.15) is 0 Å². The number of benzene rings is 1. The first kappa shape index (κ1) is 17.4. The van der Waals surface area contributed by atoms with Crippen LogP contribution < -0.4 is 4.72 Å². The minimum absolute atomic E-state index is 0.163. The van der Waals surface area contributed by atoms with Crippen molar-refractivity contribution in [3.63, 3.8) is 0 Å². The maximum Gasteiger partial charge on any atom is 0.241 e. The van der Waals surface area contributed by atoms with E-state index in [1.807, 2.05) is 6.92 Å². The second-order valence-electron chi connectivity index (χ2n) is 4.89. The second-order valence-corrected chi connectivity index (χ2v) is 6.66. The molecule has 0 fully saturated rings. The molecule has 1 heterocycles. The fourth-order valence-corrected chi connectivity index (χ4v) is 2.76. The summed E-state index contributed by atoms with van der Waals surface area (Å²) in [6.07, 6.45) is 1.48. The lowest BCUT2D eigenvalue weighted by atomic mass is 10.3. The summed E-state index contributed by atoms with van der Waals surface area (Å²) in [5.74, 6) is -2.37. The molecule has 0 aliphatic rings. The third kappa shape index (κ3) is 4.53. The first-order valence-electron chi connectivity index (χ1n) is 6.83. The van der Waals surface area contributed by atoms with E-state index >= 15 is 0 Å². The number of nitrogens with zero attached hydrogens (tertiary/aromatic N) is 3. The third-order valence-electron chi connectivity index (χ3n) is 3.10. The standard InChI is InChI=1S/C13H16F2N4O3S/c1-2-10(20)8-19-7-9(17-18-19)6-16-23(21,22)11-3-4-12(14)13(15)5-11/h3-5,7,10,16,20H,2,6,8H2,1H3. The smallest absolute Gasteiger partial charge is 0.241 e. The van der Waals surface area contributed by atoms with E-state index in [9.17, 15) is 22.3 Å². The Hall–Kier alpha value is -1.91. The third-order valence-corrected chi connectivity index (χ3v) is 4.50. The highest BCUT2D eigenvalue weighted by Crippen LogP contribution is 2.14. The molecule has 1 aromatic heterocycles. The minimum Gasteiger partial charge on any atom is -0.391 e. The Morgan fingerprint density at radius 2 is 2.09 bits per heavy atom. The number of halogens is 2. The number of aromatic nitrogens is 3. The molecule has 0 aliphatic heterocycles. The fourth-order valence-electron chi connectivity index (χ4n) is 1.75. The molecule has 10 heteroatoms. The highest BCUT2D eigenvalue weighted by molar-refractivity contribution is 7.89. The number of aliphatic hydroxyl groups is 1. The van der Waals surface area contributed by atoms with E-state index in [0.717, 1.165) is 12.1 Å². The van der Waals surface area contributed by atoms with Crippen LogP contribution in [0.3, 0.4) is 0 Å². The van der Waals surface area contributed by atoms with Crippen LogP contribution in [-0.2, 0) is 23.1 Å². The zero-order valence-electron chi connectivity index (χ0n) is 12.3. The summed E-state index contributed by atoms with van der Waals surface area (Å²) in [4.78, 5) is -0.384. The molecule has 1 aromatic carbocycles. The van der Waals surface area contributed by atoms with Crippen molar-refractivity contribution in [1.82, 2.24) is 19.7 Å². The van der Waals surface area contributed by atoms with Gasteiger partial charge in [0.15, 0.2) is 11.6 Å². The van der Waals surface area contributed by atoms with Crippen LogP contribution in [0.15, 0.2) is 29.3 Å².